The molecule has 1 atom stereocenters. The Bertz CT molecular complexity index is 707. The van der Waals surface area contributed by atoms with Gasteiger partial charge in [0.05, 0.1) is 11.6 Å². The highest BCUT2D eigenvalue weighted by Gasteiger charge is 2.30. The Morgan fingerprint density at radius 3 is 2.90 bits per heavy atom. The highest BCUT2D eigenvalue weighted by atomic mass is 35.5. The molecule has 1 aromatic heterocycles. The molecule has 0 saturated carbocycles. The first kappa shape index (κ1) is 14.5. The minimum atomic E-state index is -0.306. The summed E-state index contributed by atoms with van der Waals surface area (Å²) in [5, 5.41) is 9.13. The molecule has 3 rings (SSSR count). The summed E-state index contributed by atoms with van der Waals surface area (Å²) >= 11 is 13.3. The van der Waals surface area contributed by atoms with Crippen molar-refractivity contribution in [3.05, 3.63) is 28.2 Å². The predicted molar refractivity (Wildman–Crippen MR) is 80.8 cm³/mol. The van der Waals surface area contributed by atoms with Crippen molar-refractivity contribution >= 4 is 40.9 Å². The molecular formula is C12H10Cl2N4O2S. The van der Waals surface area contributed by atoms with E-state index in [4.69, 9.17) is 33.8 Å². The lowest BCUT2D eigenvalue weighted by Gasteiger charge is -2.07. The smallest absolute Gasteiger partial charge is 0.319 e. The SMILES string of the molecule is Nn1c(S[C@H]2CCOC2=O)nnc1-c1cc(Cl)ccc1Cl. The first-order valence-corrected chi connectivity index (χ1v) is 7.69. The number of rotatable bonds is 3. The minimum Gasteiger partial charge on any atom is -0.465 e. The molecule has 6 nitrogen and oxygen atoms in total. The molecular weight excluding hydrogens is 335 g/mol. The third kappa shape index (κ3) is 2.81. The number of nitrogens with zero attached hydrogens (tertiary/aromatic N) is 3. The maximum atomic E-state index is 11.5. The molecule has 0 radical (unpaired) electrons. The maximum Gasteiger partial charge on any atom is 0.319 e. The Hall–Kier alpha value is -1.44. The molecule has 1 aliphatic heterocycles. The molecule has 0 unspecified atom stereocenters. The number of carbonyl (C=O) groups is 1. The van der Waals surface area contributed by atoms with Crippen LogP contribution in [0, 0.1) is 0 Å². The Labute approximate surface area is 134 Å². The summed E-state index contributed by atoms with van der Waals surface area (Å²) in [5.74, 6) is 6.12. The molecule has 0 amide bonds. The number of carbonyl (C=O) groups excluding carboxylic acids is 1. The van der Waals surface area contributed by atoms with Gasteiger partial charge in [0.15, 0.2) is 5.82 Å². The van der Waals surface area contributed by atoms with E-state index in [9.17, 15) is 4.79 Å². The van der Waals surface area contributed by atoms with Gasteiger partial charge in [-0.1, -0.05) is 35.0 Å². The second-order valence-electron chi connectivity index (χ2n) is 4.36. The normalized spacial score (nSPS) is 18.0. The van der Waals surface area contributed by atoms with Crippen molar-refractivity contribution in [1.29, 1.82) is 0 Å². The number of nitrogen functional groups attached to an aromatic ring is 1. The molecule has 0 spiro atoms. The number of nitrogens with two attached hydrogens (primary N) is 1. The van der Waals surface area contributed by atoms with E-state index in [-0.39, 0.29) is 11.2 Å². The van der Waals surface area contributed by atoms with E-state index >= 15 is 0 Å². The average molecular weight is 345 g/mol. The quantitative estimate of drug-likeness (QED) is 0.679. The van der Waals surface area contributed by atoms with Crippen molar-refractivity contribution in [1.82, 2.24) is 14.9 Å². The fourth-order valence-electron chi connectivity index (χ4n) is 1.92. The monoisotopic (exact) mass is 344 g/mol. The number of ether oxygens (including phenoxy) is 1. The van der Waals surface area contributed by atoms with Crippen LogP contribution in [0.5, 0.6) is 0 Å². The van der Waals surface area contributed by atoms with Gasteiger partial charge < -0.3 is 10.6 Å². The number of aromatic nitrogens is 3. The van der Waals surface area contributed by atoms with Crippen LogP contribution in [0.2, 0.25) is 10.0 Å². The zero-order valence-electron chi connectivity index (χ0n) is 10.6. The van der Waals surface area contributed by atoms with E-state index in [1.165, 1.54) is 16.4 Å². The van der Waals surface area contributed by atoms with E-state index < -0.39 is 0 Å². The van der Waals surface area contributed by atoms with Crippen LogP contribution < -0.4 is 5.84 Å². The van der Waals surface area contributed by atoms with Crippen molar-refractivity contribution in [3.8, 4) is 11.4 Å². The van der Waals surface area contributed by atoms with Gasteiger partial charge in [-0.05, 0) is 18.2 Å². The van der Waals surface area contributed by atoms with E-state index in [0.29, 0.717) is 39.6 Å². The average Bonchev–Trinajstić information content (AvgIpc) is 3.01. The van der Waals surface area contributed by atoms with Crippen LogP contribution in [0.15, 0.2) is 23.4 Å². The first-order valence-electron chi connectivity index (χ1n) is 6.05. The number of benzene rings is 1. The standard InChI is InChI=1S/C12H10Cl2N4O2S/c13-6-1-2-8(14)7(5-6)10-16-17-12(18(10)15)21-9-3-4-20-11(9)19/h1-2,5,9H,3-4,15H2/t9-/m0/s1. The van der Waals surface area contributed by atoms with Crippen LogP contribution in [0.4, 0.5) is 0 Å². The number of halogens is 2. The van der Waals surface area contributed by atoms with Crippen molar-refractivity contribution in [2.75, 3.05) is 12.4 Å². The molecule has 110 valence electrons. The van der Waals surface area contributed by atoms with Crippen LogP contribution in [-0.4, -0.2) is 32.7 Å². The topological polar surface area (TPSA) is 83.0 Å². The second-order valence-corrected chi connectivity index (χ2v) is 6.38. The van der Waals surface area contributed by atoms with Crippen molar-refractivity contribution in [2.45, 2.75) is 16.8 Å². The Kier molecular flexibility index (Phi) is 3.97. The lowest BCUT2D eigenvalue weighted by molar-refractivity contribution is -0.137. The summed E-state index contributed by atoms with van der Waals surface area (Å²) in [6.45, 7) is 0.419. The van der Waals surface area contributed by atoms with E-state index in [1.807, 2.05) is 0 Å². The number of hydrogen-bond acceptors (Lipinski definition) is 6. The summed E-state index contributed by atoms with van der Waals surface area (Å²) in [5.41, 5.74) is 0.583. The molecule has 1 aliphatic rings. The highest BCUT2D eigenvalue weighted by Crippen LogP contribution is 2.32. The fourth-order valence-corrected chi connectivity index (χ4v) is 3.22. The maximum absolute atomic E-state index is 11.5. The summed E-state index contributed by atoms with van der Waals surface area (Å²) in [6, 6.07) is 5.00. The first-order chi connectivity index (χ1) is 10.1. The Morgan fingerprint density at radius 2 is 2.19 bits per heavy atom. The highest BCUT2D eigenvalue weighted by molar-refractivity contribution is 8.00. The number of hydrogen-bond donors (Lipinski definition) is 1. The summed E-state index contributed by atoms with van der Waals surface area (Å²) < 4.78 is 6.21. The van der Waals surface area contributed by atoms with E-state index in [2.05, 4.69) is 10.2 Å². The summed E-state index contributed by atoms with van der Waals surface area (Å²) in [6.07, 6.45) is 0.629. The van der Waals surface area contributed by atoms with Gasteiger partial charge in [-0.2, -0.15) is 0 Å². The summed E-state index contributed by atoms with van der Waals surface area (Å²) in [7, 11) is 0. The van der Waals surface area contributed by atoms with Crippen LogP contribution in [0.25, 0.3) is 11.4 Å². The molecule has 1 fully saturated rings. The summed E-state index contributed by atoms with van der Waals surface area (Å²) in [4.78, 5) is 11.5. The largest absolute Gasteiger partial charge is 0.465 e. The van der Waals surface area contributed by atoms with Gasteiger partial charge in [-0.3, -0.25) is 4.79 Å². The minimum absolute atomic E-state index is 0.259. The van der Waals surface area contributed by atoms with Gasteiger partial charge in [-0.25, -0.2) is 4.68 Å². The molecule has 0 bridgehead atoms. The van der Waals surface area contributed by atoms with Gasteiger partial charge in [0.2, 0.25) is 5.16 Å². The third-order valence-electron chi connectivity index (χ3n) is 2.97. The fraction of sp³-hybridized carbons (Fsp3) is 0.250. The third-order valence-corrected chi connectivity index (χ3v) is 4.74. The Morgan fingerprint density at radius 1 is 1.38 bits per heavy atom. The molecule has 1 saturated heterocycles. The van der Waals surface area contributed by atoms with Crippen molar-refractivity contribution < 1.29 is 9.53 Å². The molecule has 0 aliphatic carbocycles. The van der Waals surface area contributed by atoms with Crippen LogP contribution in [0.3, 0.4) is 0 Å². The zero-order valence-corrected chi connectivity index (χ0v) is 13.0. The van der Waals surface area contributed by atoms with Crippen molar-refractivity contribution in [3.63, 3.8) is 0 Å². The van der Waals surface area contributed by atoms with Gasteiger partial charge >= 0.3 is 5.97 Å². The van der Waals surface area contributed by atoms with Gasteiger partial charge in [0, 0.05) is 17.0 Å². The predicted octanol–water partition coefficient (Wildman–Crippen LogP) is 2.37. The van der Waals surface area contributed by atoms with Gasteiger partial charge in [-0.15, -0.1) is 10.2 Å². The van der Waals surface area contributed by atoms with E-state index in [0.717, 1.165) is 0 Å². The lowest BCUT2D eigenvalue weighted by Crippen LogP contribution is -2.15. The zero-order chi connectivity index (χ0) is 15.0. The molecule has 1 aromatic carbocycles. The number of esters is 1. The van der Waals surface area contributed by atoms with Gasteiger partial charge in [0.1, 0.15) is 5.25 Å². The number of cyclic esters (lactones) is 1. The lowest BCUT2D eigenvalue weighted by atomic mass is 10.2. The van der Waals surface area contributed by atoms with E-state index in [1.54, 1.807) is 18.2 Å². The van der Waals surface area contributed by atoms with Crippen LogP contribution in [0.1, 0.15) is 6.42 Å². The molecule has 2 heterocycles. The van der Waals surface area contributed by atoms with Crippen LogP contribution >= 0.6 is 35.0 Å². The molecule has 21 heavy (non-hydrogen) atoms. The van der Waals surface area contributed by atoms with Crippen molar-refractivity contribution in [2.24, 2.45) is 0 Å². The molecule has 2 N–H and O–H groups in total. The number of thioether (sulfide) groups is 1. The van der Waals surface area contributed by atoms with Crippen LogP contribution in [-0.2, 0) is 9.53 Å². The molecule has 9 heteroatoms. The Balaban J connectivity index is 1.92. The van der Waals surface area contributed by atoms with Gasteiger partial charge in [0.25, 0.3) is 0 Å². The second kappa shape index (κ2) is 5.75. The molecule has 2 aromatic rings.